The Morgan fingerprint density at radius 3 is 2.48 bits per heavy atom. The molecule has 1 rings (SSSR count). The molecule has 0 aliphatic heterocycles. The Kier molecular flexibility index (Phi) is 7.83. The van der Waals surface area contributed by atoms with Crippen molar-refractivity contribution >= 4 is 24.2 Å². The van der Waals surface area contributed by atoms with Gasteiger partial charge in [0, 0.05) is 7.05 Å². The lowest BCUT2D eigenvalue weighted by Gasteiger charge is -2.25. The van der Waals surface area contributed by atoms with Crippen molar-refractivity contribution < 1.29 is 18.4 Å². The standard InChI is InChI=1S/C13H17F2N3O2.ClH/c1-8(9-3-4-10(14)11(15)5-9)18(2)13(20)7-17-12(19)6-16;/h3-5,8H,6-7,16H2,1-2H3,(H,17,19);1H. The molecule has 3 N–H and O–H groups in total. The maximum atomic E-state index is 13.2. The van der Waals surface area contributed by atoms with E-state index in [1.54, 1.807) is 6.92 Å². The second kappa shape index (κ2) is 8.53. The Labute approximate surface area is 127 Å². The normalized spacial score (nSPS) is 11.3. The van der Waals surface area contributed by atoms with Crippen LogP contribution >= 0.6 is 12.4 Å². The molecular formula is C13H18ClF2N3O2. The zero-order valence-electron chi connectivity index (χ0n) is 11.7. The van der Waals surface area contributed by atoms with Gasteiger partial charge in [-0.2, -0.15) is 0 Å². The third-order valence-electron chi connectivity index (χ3n) is 3.02. The van der Waals surface area contributed by atoms with Gasteiger partial charge in [0.25, 0.3) is 0 Å². The highest BCUT2D eigenvalue weighted by molar-refractivity contribution is 5.85. The van der Waals surface area contributed by atoms with E-state index >= 15 is 0 Å². The summed E-state index contributed by atoms with van der Waals surface area (Å²) in [5.41, 5.74) is 5.56. The first-order valence-electron chi connectivity index (χ1n) is 6.04. The van der Waals surface area contributed by atoms with E-state index in [0.717, 1.165) is 12.1 Å². The number of halogens is 3. The van der Waals surface area contributed by atoms with Crippen LogP contribution in [0.15, 0.2) is 18.2 Å². The average molecular weight is 322 g/mol. The summed E-state index contributed by atoms with van der Waals surface area (Å²) in [6, 6.07) is 3.01. The molecule has 0 aliphatic rings. The molecular weight excluding hydrogens is 304 g/mol. The topological polar surface area (TPSA) is 75.4 Å². The summed E-state index contributed by atoms with van der Waals surface area (Å²) in [5, 5.41) is 2.35. The van der Waals surface area contributed by atoms with Gasteiger partial charge in [-0.25, -0.2) is 8.78 Å². The Bertz CT molecular complexity index is 514. The van der Waals surface area contributed by atoms with Gasteiger partial charge in [0.05, 0.1) is 19.1 Å². The Hall–Kier alpha value is -1.73. The Morgan fingerprint density at radius 1 is 1.33 bits per heavy atom. The van der Waals surface area contributed by atoms with Gasteiger partial charge < -0.3 is 16.0 Å². The van der Waals surface area contributed by atoms with Crippen molar-refractivity contribution in [2.75, 3.05) is 20.1 Å². The van der Waals surface area contributed by atoms with Crippen LogP contribution in [0.4, 0.5) is 8.78 Å². The molecule has 1 aromatic carbocycles. The predicted octanol–water partition coefficient (Wildman–Crippen LogP) is 0.981. The van der Waals surface area contributed by atoms with Gasteiger partial charge in [-0.15, -0.1) is 12.4 Å². The zero-order valence-corrected chi connectivity index (χ0v) is 12.5. The van der Waals surface area contributed by atoms with Crippen LogP contribution in [0, 0.1) is 11.6 Å². The number of amides is 2. The van der Waals surface area contributed by atoms with E-state index in [2.05, 4.69) is 5.32 Å². The van der Waals surface area contributed by atoms with Crippen LogP contribution in [-0.4, -0.2) is 36.9 Å². The molecule has 0 bridgehead atoms. The fourth-order valence-corrected chi connectivity index (χ4v) is 1.58. The number of nitrogens with zero attached hydrogens (tertiary/aromatic N) is 1. The van der Waals surface area contributed by atoms with E-state index in [4.69, 9.17) is 5.73 Å². The molecule has 1 atom stereocenters. The average Bonchev–Trinajstić information content (AvgIpc) is 2.45. The Balaban J connectivity index is 0.00000400. The third-order valence-corrected chi connectivity index (χ3v) is 3.02. The van der Waals surface area contributed by atoms with Crippen molar-refractivity contribution in [3.05, 3.63) is 35.4 Å². The molecule has 0 fully saturated rings. The number of hydrogen-bond acceptors (Lipinski definition) is 3. The van der Waals surface area contributed by atoms with Crippen LogP contribution in [0.2, 0.25) is 0 Å². The first kappa shape index (κ1) is 19.3. The van der Waals surface area contributed by atoms with Crippen LogP contribution in [0.5, 0.6) is 0 Å². The lowest BCUT2D eigenvalue weighted by Crippen LogP contribution is -2.41. The van der Waals surface area contributed by atoms with E-state index in [9.17, 15) is 18.4 Å². The smallest absolute Gasteiger partial charge is 0.242 e. The highest BCUT2D eigenvalue weighted by Gasteiger charge is 2.18. The van der Waals surface area contributed by atoms with Crippen molar-refractivity contribution in [1.29, 1.82) is 0 Å². The van der Waals surface area contributed by atoms with Crippen molar-refractivity contribution in [3.63, 3.8) is 0 Å². The molecule has 0 aliphatic carbocycles. The van der Waals surface area contributed by atoms with E-state index in [-0.39, 0.29) is 31.4 Å². The first-order chi connectivity index (χ1) is 9.36. The maximum absolute atomic E-state index is 13.2. The molecule has 2 amide bonds. The van der Waals surface area contributed by atoms with E-state index in [1.165, 1.54) is 18.0 Å². The molecule has 0 radical (unpaired) electrons. The molecule has 0 aromatic heterocycles. The van der Waals surface area contributed by atoms with E-state index in [0.29, 0.717) is 5.56 Å². The van der Waals surface area contributed by atoms with Gasteiger partial charge in [-0.1, -0.05) is 6.07 Å². The van der Waals surface area contributed by atoms with Crippen molar-refractivity contribution in [2.45, 2.75) is 13.0 Å². The molecule has 21 heavy (non-hydrogen) atoms. The lowest BCUT2D eigenvalue weighted by atomic mass is 10.1. The summed E-state index contributed by atoms with van der Waals surface area (Å²) in [5.74, 6) is -2.70. The largest absolute Gasteiger partial charge is 0.346 e. The predicted molar refractivity (Wildman–Crippen MR) is 76.9 cm³/mol. The number of carbonyl (C=O) groups is 2. The lowest BCUT2D eigenvalue weighted by molar-refractivity contribution is -0.133. The fourth-order valence-electron chi connectivity index (χ4n) is 1.58. The number of rotatable bonds is 5. The maximum Gasteiger partial charge on any atom is 0.242 e. The van der Waals surface area contributed by atoms with Gasteiger partial charge in [0.15, 0.2) is 11.6 Å². The van der Waals surface area contributed by atoms with Gasteiger partial charge in [-0.05, 0) is 24.6 Å². The third kappa shape index (κ3) is 5.28. The number of carbonyl (C=O) groups excluding carboxylic acids is 2. The van der Waals surface area contributed by atoms with Crippen LogP contribution < -0.4 is 11.1 Å². The van der Waals surface area contributed by atoms with Crippen molar-refractivity contribution in [1.82, 2.24) is 10.2 Å². The van der Waals surface area contributed by atoms with Gasteiger partial charge in [0.2, 0.25) is 11.8 Å². The van der Waals surface area contributed by atoms with Crippen molar-refractivity contribution in [2.24, 2.45) is 5.73 Å². The number of hydrogen-bond donors (Lipinski definition) is 2. The summed E-state index contributed by atoms with van der Waals surface area (Å²) in [6.07, 6.45) is 0. The molecule has 0 heterocycles. The highest BCUT2D eigenvalue weighted by Crippen LogP contribution is 2.20. The summed E-state index contributed by atoms with van der Waals surface area (Å²) in [4.78, 5) is 24.1. The number of benzene rings is 1. The van der Waals surface area contributed by atoms with E-state index < -0.39 is 23.6 Å². The molecule has 1 unspecified atom stereocenters. The second-order valence-corrected chi connectivity index (χ2v) is 4.34. The molecule has 5 nitrogen and oxygen atoms in total. The quantitative estimate of drug-likeness (QED) is 0.849. The summed E-state index contributed by atoms with van der Waals surface area (Å²) >= 11 is 0. The highest BCUT2D eigenvalue weighted by atomic mass is 35.5. The second-order valence-electron chi connectivity index (χ2n) is 4.34. The zero-order chi connectivity index (χ0) is 15.3. The van der Waals surface area contributed by atoms with E-state index in [1.807, 2.05) is 0 Å². The molecule has 1 aromatic rings. The summed E-state index contributed by atoms with van der Waals surface area (Å²) < 4.78 is 26.0. The van der Waals surface area contributed by atoms with Crippen LogP contribution in [-0.2, 0) is 9.59 Å². The number of nitrogens with two attached hydrogens (primary N) is 1. The molecule has 118 valence electrons. The minimum absolute atomic E-state index is 0. The summed E-state index contributed by atoms with van der Waals surface area (Å²) in [6.45, 7) is 1.28. The SMILES string of the molecule is CC(c1ccc(F)c(F)c1)N(C)C(=O)CNC(=O)CN.Cl. The molecule has 0 spiro atoms. The van der Waals surface area contributed by atoms with Gasteiger partial charge in [0.1, 0.15) is 0 Å². The number of likely N-dealkylation sites (N-methyl/N-ethyl adjacent to an activating group) is 1. The van der Waals surface area contributed by atoms with Gasteiger partial charge in [-0.3, -0.25) is 9.59 Å². The van der Waals surface area contributed by atoms with Crippen LogP contribution in [0.1, 0.15) is 18.5 Å². The van der Waals surface area contributed by atoms with Gasteiger partial charge >= 0.3 is 0 Å². The minimum atomic E-state index is -0.966. The monoisotopic (exact) mass is 321 g/mol. The first-order valence-corrected chi connectivity index (χ1v) is 6.04. The molecule has 0 saturated heterocycles. The fraction of sp³-hybridized carbons (Fsp3) is 0.385. The van der Waals surface area contributed by atoms with Crippen LogP contribution in [0.3, 0.4) is 0 Å². The molecule has 8 heteroatoms. The summed E-state index contributed by atoms with van der Waals surface area (Å²) in [7, 11) is 1.52. The number of nitrogens with one attached hydrogen (secondary N) is 1. The molecule has 0 saturated carbocycles. The minimum Gasteiger partial charge on any atom is -0.346 e. The van der Waals surface area contributed by atoms with Crippen LogP contribution in [0.25, 0.3) is 0 Å². The van der Waals surface area contributed by atoms with Crippen molar-refractivity contribution in [3.8, 4) is 0 Å². The Morgan fingerprint density at radius 2 is 1.95 bits per heavy atom.